The number of hydrogen-bond acceptors (Lipinski definition) is 8. The lowest BCUT2D eigenvalue weighted by molar-refractivity contribution is -0.385. The van der Waals surface area contributed by atoms with E-state index in [9.17, 15) is 14.9 Å². The molecule has 1 N–H and O–H groups in total. The summed E-state index contributed by atoms with van der Waals surface area (Å²) >= 11 is 1.42. The number of thiazole rings is 1. The van der Waals surface area contributed by atoms with E-state index >= 15 is 0 Å². The first-order valence-electron chi connectivity index (χ1n) is 10.3. The van der Waals surface area contributed by atoms with Crippen molar-refractivity contribution in [2.24, 2.45) is 0 Å². The molecule has 3 rings (SSSR count). The summed E-state index contributed by atoms with van der Waals surface area (Å²) in [6.07, 6.45) is 1.48. The predicted octanol–water partition coefficient (Wildman–Crippen LogP) is 4.07. The average molecular weight is 471 g/mol. The Labute approximate surface area is 196 Å². The maximum Gasteiger partial charge on any atom is 0.286 e. The molecule has 174 valence electrons. The van der Waals surface area contributed by atoms with Gasteiger partial charge in [0.15, 0.2) is 11.5 Å². The number of hydrogen-bond donors (Lipinski definition) is 1. The van der Waals surface area contributed by atoms with Gasteiger partial charge in [0.2, 0.25) is 0 Å². The number of carbonyl (C=O) groups excluding carboxylic acids is 1. The number of aromatic nitrogens is 1. The van der Waals surface area contributed by atoms with Crippen molar-refractivity contribution in [3.05, 3.63) is 74.2 Å². The monoisotopic (exact) mass is 470 g/mol. The number of amides is 1. The number of nitro groups is 1. The van der Waals surface area contributed by atoms with Gasteiger partial charge in [0.1, 0.15) is 12.2 Å². The Bertz CT molecular complexity index is 1080. The molecule has 0 aliphatic rings. The average Bonchev–Trinajstić information content (AvgIpc) is 3.33. The van der Waals surface area contributed by atoms with Gasteiger partial charge in [-0.15, -0.1) is 11.3 Å². The molecule has 9 nitrogen and oxygen atoms in total. The van der Waals surface area contributed by atoms with E-state index in [-0.39, 0.29) is 29.4 Å². The summed E-state index contributed by atoms with van der Waals surface area (Å²) in [5.74, 6) is -0.120. The van der Waals surface area contributed by atoms with Gasteiger partial charge in [0.05, 0.1) is 29.3 Å². The molecular formula is C23H26N4O5S. The molecule has 2 aromatic carbocycles. The maximum absolute atomic E-state index is 12.7. The summed E-state index contributed by atoms with van der Waals surface area (Å²) in [6, 6.07) is 10.7. The first-order chi connectivity index (χ1) is 15.9. The molecule has 0 saturated carbocycles. The number of ether oxygens (including phenoxy) is 2. The first-order valence-corrected chi connectivity index (χ1v) is 11.2. The Hall–Kier alpha value is -3.66. The van der Waals surface area contributed by atoms with E-state index in [0.717, 1.165) is 17.7 Å². The fourth-order valence-electron chi connectivity index (χ4n) is 3.17. The summed E-state index contributed by atoms with van der Waals surface area (Å²) in [5, 5.41) is 16.2. The van der Waals surface area contributed by atoms with E-state index in [1.807, 2.05) is 36.5 Å². The molecule has 0 atom stereocenters. The van der Waals surface area contributed by atoms with E-state index in [0.29, 0.717) is 18.7 Å². The Morgan fingerprint density at radius 3 is 2.58 bits per heavy atom. The van der Waals surface area contributed by atoms with Crippen molar-refractivity contribution in [1.29, 1.82) is 0 Å². The minimum Gasteiger partial charge on any atom is -0.493 e. The molecule has 10 heteroatoms. The van der Waals surface area contributed by atoms with Crippen molar-refractivity contribution in [1.82, 2.24) is 10.3 Å². The fraction of sp³-hybridized carbons (Fsp3) is 0.304. The SMILES string of the molecule is COc1cc(C(=O)NCCCc2ccc(N(C)C)cc2)c([N+](=O)[O-])cc1OCc1cscn1. The van der Waals surface area contributed by atoms with Crippen molar-refractivity contribution >= 4 is 28.6 Å². The molecule has 33 heavy (non-hydrogen) atoms. The molecule has 3 aromatic rings. The smallest absolute Gasteiger partial charge is 0.286 e. The van der Waals surface area contributed by atoms with E-state index < -0.39 is 10.8 Å². The predicted molar refractivity (Wildman–Crippen MR) is 128 cm³/mol. The van der Waals surface area contributed by atoms with Crippen LogP contribution in [0.25, 0.3) is 0 Å². The van der Waals surface area contributed by atoms with Crippen LogP contribution in [0.4, 0.5) is 11.4 Å². The lowest BCUT2D eigenvalue weighted by Gasteiger charge is -2.13. The van der Waals surface area contributed by atoms with E-state index in [2.05, 4.69) is 22.4 Å². The second-order valence-electron chi connectivity index (χ2n) is 7.47. The van der Waals surface area contributed by atoms with Gasteiger partial charge in [-0.3, -0.25) is 14.9 Å². The van der Waals surface area contributed by atoms with Gasteiger partial charge >= 0.3 is 0 Å². The van der Waals surface area contributed by atoms with Crippen LogP contribution in [-0.4, -0.2) is 43.6 Å². The lowest BCUT2D eigenvalue weighted by atomic mass is 10.1. The summed E-state index contributed by atoms with van der Waals surface area (Å²) in [6.45, 7) is 0.522. The second-order valence-corrected chi connectivity index (χ2v) is 8.18. The van der Waals surface area contributed by atoms with Crippen LogP contribution in [0, 0.1) is 10.1 Å². The summed E-state index contributed by atoms with van der Waals surface area (Å²) in [4.78, 5) is 29.9. The van der Waals surface area contributed by atoms with Crippen LogP contribution in [0.15, 0.2) is 47.3 Å². The number of benzene rings is 2. The van der Waals surface area contributed by atoms with Gasteiger partial charge in [-0.2, -0.15) is 0 Å². The van der Waals surface area contributed by atoms with Crippen LogP contribution in [0.1, 0.15) is 28.0 Å². The number of aryl methyl sites for hydroxylation is 1. The highest BCUT2D eigenvalue weighted by molar-refractivity contribution is 7.07. The molecule has 1 heterocycles. The summed E-state index contributed by atoms with van der Waals surface area (Å²) < 4.78 is 11.0. The van der Waals surface area contributed by atoms with E-state index in [1.165, 1.54) is 30.6 Å². The highest BCUT2D eigenvalue weighted by Gasteiger charge is 2.24. The molecule has 0 aliphatic heterocycles. The third-order valence-electron chi connectivity index (χ3n) is 4.96. The molecule has 1 amide bonds. The van der Waals surface area contributed by atoms with Crippen molar-refractivity contribution in [3.8, 4) is 11.5 Å². The second kappa shape index (κ2) is 11.3. The van der Waals surface area contributed by atoms with Gasteiger partial charge in [0, 0.05) is 37.8 Å². The zero-order chi connectivity index (χ0) is 23.8. The molecule has 1 aromatic heterocycles. The normalized spacial score (nSPS) is 10.5. The lowest BCUT2D eigenvalue weighted by Crippen LogP contribution is -2.25. The van der Waals surface area contributed by atoms with Crippen LogP contribution in [-0.2, 0) is 13.0 Å². The van der Waals surface area contributed by atoms with Gasteiger partial charge in [0.25, 0.3) is 11.6 Å². The van der Waals surface area contributed by atoms with Gasteiger partial charge in [-0.25, -0.2) is 4.98 Å². The number of nitrogens with zero attached hydrogens (tertiary/aromatic N) is 3. The number of carbonyl (C=O) groups is 1. The quantitative estimate of drug-likeness (QED) is 0.256. The molecule has 0 fully saturated rings. The van der Waals surface area contributed by atoms with Crippen LogP contribution in [0.3, 0.4) is 0 Å². The van der Waals surface area contributed by atoms with Crippen LogP contribution >= 0.6 is 11.3 Å². The van der Waals surface area contributed by atoms with E-state index in [4.69, 9.17) is 9.47 Å². The summed E-state index contributed by atoms with van der Waals surface area (Å²) in [5.41, 5.74) is 4.22. The molecule has 0 spiro atoms. The Morgan fingerprint density at radius 1 is 1.21 bits per heavy atom. The summed E-state index contributed by atoms with van der Waals surface area (Å²) in [7, 11) is 5.39. The zero-order valence-corrected chi connectivity index (χ0v) is 19.6. The Balaban J connectivity index is 1.63. The standard InChI is InChI=1S/C23H26N4O5S/c1-26(2)18-8-6-16(7-9-18)5-4-10-24-23(28)19-11-21(31-3)22(12-20(19)27(29)30)32-13-17-14-33-15-25-17/h6-9,11-12,14-15H,4-5,10,13H2,1-3H3,(H,24,28). The van der Waals surface area contributed by atoms with Crippen molar-refractivity contribution in [2.75, 3.05) is 32.6 Å². The van der Waals surface area contributed by atoms with Gasteiger partial charge in [-0.1, -0.05) is 12.1 Å². The third-order valence-corrected chi connectivity index (χ3v) is 5.60. The largest absolute Gasteiger partial charge is 0.493 e. The van der Waals surface area contributed by atoms with Crippen molar-refractivity contribution < 1.29 is 19.2 Å². The Morgan fingerprint density at radius 2 is 1.97 bits per heavy atom. The number of nitrogens with one attached hydrogen (secondary N) is 1. The fourth-order valence-corrected chi connectivity index (χ4v) is 3.71. The first kappa shape index (κ1) is 24.0. The molecule has 0 unspecified atom stereocenters. The van der Waals surface area contributed by atoms with Gasteiger partial charge < -0.3 is 19.7 Å². The minimum atomic E-state index is -0.601. The maximum atomic E-state index is 12.7. The number of methoxy groups -OCH3 is 1. The van der Waals surface area contributed by atoms with Gasteiger partial charge in [-0.05, 0) is 30.5 Å². The molecule has 0 bridgehead atoms. The number of nitro benzene ring substituents is 1. The Kier molecular flexibility index (Phi) is 8.20. The third kappa shape index (κ3) is 6.42. The van der Waals surface area contributed by atoms with Crippen LogP contribution in [0.5, 0.6) is 11.5 Å². The molecule has 0 aliphatic carbocycles. The number of rotatable bonds is 11. The van der Waals surface area contributed by atoms with Crippen molar-refractivity contribution in [2.45, 2.75) is 19.4 Å². The minimum absolute atomic E-state index is 0.0757. The highest BCUT2D eigenvalue weighted by atomic mass is 32.1. The highest BCUT2D eigenvalue weighted by Crippen LogP contribution is 2.35. The van der Waals surface area contributed by atoms with Crippen LogP contribution in [0.2, 0.25) is 0 Å². The van der Waals surface area contributed by atoms with Crippen molar-refractivity contribution in [3.63, 3.8) is 0 Å². The molecule has 0 radical (unpaired) electrons. The molecule has 0 saturated heterocycles. The number of anilines is 1. The zero-order valence-electron chi connectivity index (χ0n) is 18.7. The van der Waals surface area contributed by atoms with Crippen LogP contribution < -0.4 is 19.7 Å². The molecular weight excluding hydrogens is 444 g/mol. The topological polar surface area (TPSA) is 107 Å². The van der Waals surface area contributed by atoms with E-state index in [1.54, 1.807) is 5.51 Å².